The SMILES string of the molecule is O=C(Cn1cc([N+](=O)[O-])cn1)Nc1c(Br)cc([N+](=O)[O-])cc1Br. The molecule has 1 amide bonds. The largest absolute Gasteiger partial charge is 0.323 e. The van der Waals surface area contributed by atoms with Gasteiger partial charge < -0.3 is 5.32 Å². The maximum absolute atomic E-state index is 12.0. The highest BCUT2D eigenvalue weighted by molar-refractivity contribution is 9.11. The summed E-state index contributed by atoms with van der Waals surface area (Å²) >= 11 is 6.28. The summed E-state index contributed by atoms with van der Waals surface area (Å²) in [5.41, 5.74) is -0.0674. The van der Waals surface area contributed by atoms with Crippen molar-refractivity contribution in [2.75, 3.05) is 5.32 Å². The number of carbonyl (C=O) groups is 1. The Morgan fingerprint density at radius 2 is 1.74 bits per heavy atom. The number of non-ortho nitro benzene ring substituents is 1. The molecule has 0 radical (unpaired) electrons. The molecule has 23 heavy (non-hydrogen) atoms. The van der Waals surface area contributed by atoms with Crippen molar-refractivity contribution in [3.05, 3.63) is 53.7 Å². The smallest absolute Gasteiger partial charge is 0.307 e. The van der Waals surface area contributed by atoms with Gasteiger partial charge in [0.05, 0.1) is 15.5 Å². The van der Waals surface area contributed by atoms with E-state index in [1.54, 1.807) is 0 Å². The molecule has 0 saturated carbocycles. The third-order valence-electron chi connectivity index (χ3n) is 2.64. The summed E-state index contributed by atoms with van der Waals surface area (Å²) in [6.45, 7) is -0.246. The first-order valence-corrected chi connectivity index (χ1v) is 7.46. The molecule has 0 atom stereocenters. The molecule has 10 nitrogen and oxygen atoms in total. The van der Waals surface area contributed by atoms with Crippen LogP contribution in [0, 0.1) is 20.2 Å². The fourth-order valence-electron chi connectivity index (χ4n) is 1.64. The van der Waals surface area contributed by atoms with Crippen molar-refractivity contribution in [2.45, 2.75) is 6.54 Å². The molecule has 0 aliphatic heterocycles. The molecule has 1 aromatic carbocycles. The van der Waals surface area contributed by atoms with Gasteiger partial charge in [0.1, 0.15) is 18.9 Å². The molecular formula is C11H7Br2N5O5. The van der Waals surface area contributed by atoms with Crippen molar-refractivity contribution in [3.8, 4) is 0 Å². The topological polar surface area (TPSA) is 133 Å². The van der Waals surface area contributed by atoms with Crippen LogP contribution in [0.3, 0.4) is 0 Å². The van der Waals surface area contributed by atoms with E-state index in [4.69, 9.17) is 0 Å². The standard InChI is InChI=1S/C11H7Br2N5O5/c12-8-1-6(17(20)21)2-9(13)11(8)15-10(19)5-16-4-7(3-14-16)18(22)23/h1-4H,5H2,(H,15,19). The van der Waals surface area contributed by atoms with Crippen LogP contribution >= 0.6 is 31.9 Å². The van der Waals surface area contributed by atoms with Gasteiger partial charge in [0.15, 0.2) is 0 Å². The van der Waals surface area contributed by atoms with Crippen LogP contribution in [-0.4, -0.2) is 25.5 Å². The molecule has 1 heterocycles. The summed E-state index contributed by atoms with van der Waals surface area (Å²) in [5.74, 6) is -0.502. The lowest BCUT2D eigenvalue weighted by molar-refractivity contribution is -0.385. The molecule has 2 aromatic rings. The molecule has 0 aliphatic carbocycles. The number of carbonyl (C=O) groups excluding carboxylic acids is 1. The number of hydrogen-bond donors (Lipinski definition) is 1. The first kappa shape index (κ1) is 17.0. The van der Waals surface area contributed by atoms with Gasteiger partial charge in [-0.2, -0.15) is 5.10 Å². The number of hydrogen-bond acceptors (Lipinski definition) is 6. The van der Waals surface area contributed by atoms with Crippen LogP contribution < -0.4 is 5.32 Å². The van der Waals surface area contributed by atoms with E-state index in [0.717, 1.165) is 17.1 Å². The summed E-state index contributed by atoms with van der Waals surface area (Å²) in [5, 5.41) is 27.5. The number of halogens is 2. The van der Waals surface area contributed by atoms with Crippen molar-refractivity contribution < 1.29 is 14.6 Å². The predicted octanol–water partition coefficient (Wildman–Crippen LogP) is 2.86. The molecule has 2 rings (SSSR count). The molecule has 0 fully saturated rings. The lowest BCUT2D eigenvalue weighted by Gasteiger charge is -2.09. The summed E-state index contributed by atoms with van der Waals surface area (Å²) < 4.78 is 1.75. The van der Waals surface area contributed by atoms with Gasteiger partial charge >= 0.3 is 5.69 Å². The molecule has 12 heteroatoms. The maximum atomic E-state index is 12.0. The molecular weight excluding hydrogens is 442 g/mol. The summed E-state index contributed by atoms with van der Waals surface area (Å²) in [6, 6.07) is 2.50. The Labute approximate surface area is 145 Å². The van der Waals surface area contributed by atoms with Crippen LogP contribution in [-0.2, 0) is 11.3 Å². The van der Waals surface area contributed by atoms with Gasteiger partial charge in [-0.05, 0) is 31.9 Å². The number of aromatic nitrogens is 2. The number of nitrogens with zero attached hydrogens (tertiary/aromatic N) is 4. The molecule has 0 aliphatic rings. The fourth-order valence-corrected chi connectivity index (χ4v) is 3.00. The number of amides is 1. The predicted molar refractivity (Wildman–Crippen MR) is 86.0 cm³/mol. The van der Waals surface area contributed by atoms with Gasteiger partial charge in [-0.1, -0.05) is 0 Å². The number of nitro benzene ring substituents is 1. The number of benzene rings is 1. The summed E-state index contributed by atoms with van der Waals surface area (Å²) in [7, 11) is 0. The number of anilines is 1. The minimum atomic E-state index is -0.620. The van der Waals surface area contributed by atoms with Crippen molar-refractivity contribution in [3.63, 3.8) is 0 Å². The zero-order valence-electron chi connectivity index (χ0n) is 11.1. The molecule has 120 valence electrons. The highest BCUT2D eigenvalue weighted by Crippen LogP contribution is 2.35. The maximum Gasteiger partial charge on any atom is 0.307 e. The molecule has 0 bridgehead atoms. The van der Waals surface area contributed by atoms with E-state index in [1.807, 2.05) is 0 Å². The van der Waals surface area contributed by atoms with E-state index in [2.05, 4.69) is 42.3 Å². The van der Waals surface area contributed by atoms with Gasteiger partial charge in [-0.3, -0.25) is 29.7 Å². The second-order valence-electron chi connectivity index (χ2n) is 4.24. The number of nitro groups is 2. The van der Waals surface area contributed by atoms with Crippen LogP contribution in [0.1, 0.15) is 0 Å². The number of nitrogens with one attached hydrogen (secondary N) is 1. The third kappa shape index (κ3) is 4.10. The quantitative estimate of drug-likeness (QED) is 0.552. The van der Waals surface area contributed by atoms with E-state index in [9.17, 15) is 25.0 Å². The van der Waals surface area contributed by atoms with Gasteiger partial charge in [-0.15, -0.1) is 0 Å². The third-order valence-corrected chi connectivity index (χ3v) is 3.89. The van der Waals surface area contributed by atoms with Gasteiger partial charge in [-0.25, -0.2) is 0 Å². The Balaban J connectivity index is 2.13. The van der Waals surface area contributed by atoms with Crippen molar-refractivity contribution >= 4 is 54.8 Å². The van der Waals surface area contributed by atoms with E-state index < -0.39 is 15.8 Å². The molecule has 1 N–H and O–H groups in total. The average Bonchev–Trinajstić information content (AvgIpc) is 2.91. The van der Waals surface area contributed by atoms with Crippen LogP contribution in [0.2, 0.25) is 0 Å². The Morgan fingerprint density at radius 3 is 2.22 bits per heavy atom. The van der Waals surface area contributed by atoms with E-state index in [-0.39, 0.29) is 17.9 Å². The van der Waals surface area contributed by atoms with Crippen molar-refractivity contribution in [1.29, 1.82) is 0 Å². The Hall–Kier alpha value is -2.34. The normalized spacial score (nSPS) is 10.3. The second-order valence-corrected chi connectivity index (χ2v) is 5.95. The van der Waals surface area contributed by atoms with Crippen LogP contribution in [0.25, 0.3) is 0 Å². The van der Waals surface area contributed by atoms with Gasteiger partial charge in [0.2, 0.25) is 5.91 Å². The minimum Gasteiger partial charge on any atom is -0.323 e. The fraction of sp³-hybridized carbons (Fsp3) is 0.0909. The van der Waals surface area contributed by atoms with Crippen molar-refractivity contribution in [1.82, 2.24) is 9.78 Å². The van der Waals surface area contributed by atoms with Crippen LogP contribution in [0.15, 0.2) is 33.5 Å². The minimum absolute atomic E-state index is 0.149. The lowest BCUT2D eigenvalue weighted by Crippen LogP contribution is -2.19. The van der Waals surface area contributed by atoms with E-state index in [0.29, 0.717) is 14.6 Å². The number of rotatable bonds is 5. The molecule has 0 saturated heterocycles. The van der Waals surface area contributed by atoms with Gasteiger partial charge in [0, 0.05) is 21.1 Å². The first-order valence-electron chi connectivity index (χ1n) is 5.88. The van der Waals surface area contributed by atoms with E-state index in [1.165, 1.54) is 12.1 Å². The first-order chi connectivity index (χ1) is 10.8. The Bertz CT molecular complexity index is 783. The van der Waals surface area contributed by atoms with E-state index >= 15 is 0 Å². The Morgan fingerprint density at radius 1 is 1.17 bits per heavy atom. The Kier molecular flexibility index (Phi) is 5.05. The zero-order chi connectivity index (χ0) is 17.1. The van der Waals surface area contributed by atoms with Crippen LogP contribution in [0.5, 0.6) is 0 Å². The summed E-state index contributed by atoms with van der Waals surface area (Å²) in [6.07, 6.45) is 2.16. The highest BCUT2D eigenvalue weighted by Gasteiger charge is 2.17. The van der Waals surface area contributed by atoms with Gasteiger partial charge in [0.25, 0.3) is 5.69 Å². The molecule has 1 aromatic heterocycles. The highest BCUT2D eigenvalue weighted by atomic mass is 79.9. The monoisotopic (exact) mass is 447 g/mol. The molecule has 0 unspecified atom stereocenters. The summed E-state index contributed by atoms with van der Waals surface area (Å²) in [4.78, 5) is 32.1. The van der Waals surface area contributed by atoms with Crippen molar-refractivity contribution in [2.24, 2.45) is 0 Å². The average molecular weight is 449 g/mol. The van der Waals surface area contributed by atoms with Crippen LogP contribution in [0.4, 0.5) is 17.1 Å². The lowest BCUT2D eigenvalue weighted by atomic mass is 10.3. The molecule has 0 spiro atoms. The second kappa shape index (κ2) is 6.83. The zero-order valence-corrected chi connectivity index (χ0v) is 14.3.